The molecule has 0 amide bonds. The maximum absolute atomic E-state index is 12.4. The summed E-state index contributed by atoms with van der Waals surface area (Å²) in [7, 11) is -3.62. The summed E-state index contributed by atoms with van der Waals surface area (Å²) in [5.41, 5.74) is 0.758. The fraction of sp³-hybridized carbons (Fsp3) is 0.400. The van der Waals surface area contributed by atoms with Gasteiger partial charge in [-0.15, -0.1) is 0 Å². The maximum Gasteiger partial charge on any atom is 0.240 e. The summed E-state index contributed by atoms with van der Waals surface area (Å²) in [6, 6.07) is 8.07. The van der Waals surface area contributed by atoms with Crippen molar-refractivity contribution in [2.75, 3.05) is 0 Å². The molecule has 1 aliphatic carbocycles. The molecule has 112 valence electrons. The van der Waals surface area contributed by atoms with Crippen molar-refractivity contribution in [3.05, 3.63) is 36.5 Å². The molecule has 1 aromatic heterocycles. The van der Waals surface area contributed by atoms with Crippen LogP contribution in [0, 0.1) is 0 Å². The minimum atomic E-state index is -3.62. The van der Waals surface area contributed by atoms with Crippen LogP contribution in [0.3, 0.4) is 0 Å². The van der Waals surface area contributed by atoms with Gasteiger partial charge < -0.3 is 5.11 Å². The van der Waals surface area contributed by atoms with Crippen molar-refractivity contribution in [2.45, 2.75) is 42.7 Å². The van der Waals surface area contributed by atoms with Crippen LogP contribution in [0.1, 0.15) is 25.7 Å². The summed E-state index contributed by atoms with van der Waals surface area (Å²) < 4.78 is 27.5. The normalized spacial score (nSPS) is 23.3. The molecule has 1 aromatic carbocycles. The minimum absolute atomic E-state index is 0.209. The third-order valence-corrected chi connectivity index (χ3v) is 5.41. The van der Waals surface area contributed by atoms with Crippen molar-refractivity contribution in [2.24, 2.45) is 0 Å². The fourth-order valence-electron chi connectivity index (χ4n) is 2.74. The average Bonchev–Trinajstić information content (AvgIpc) is 2.49. The van der Waals surface area contributed by atoms with Gasteiger partial charge in [0.25, 0.3) is 0 Å². The number of sulfonamides is 1. The van der Waals surface area contributed by atoms with Gasteiger partial charge in [0.05, 0.1) is 16.5 Å². The first-order valence-corrected chi connectivity index (χ1v) is 8.60. The molecule has 5 nitrogen and oxygen atoms in total. The van der Waals surface area contributed by atoms with Gasteiger partial charge in [0.1, 0.15) is 0 Å². The summed E-state index contributed by atoms with van der Waals surface area (Å²) in [5, 5.41) is 10.7. The van der Waals surface area contributed by atoms with E-state index >= 15 is 0 Å². The summed E-state index contributed by atoms with van der Waals surface area (Å²) in [5.74, 6) is 0. The highest BCUT2D eigenvalue weighted by Crippen LogP contribution is 2.22. The van der Waals surface area contributed by atoms with Crippen LogP contribution in [0.2, 0.25) is 0 Å². The number of hydrogen-bond acceptors (Lipinski definition) is 4. The Hall–Kier alpha value is -1.50. The van der Waals surface area contributed by atoms with Crippen molar-refractivity contribution >= 4 is 20.9 Å². The number of nitrogens with zero attached hydrogens (tertiary/aromatic N) is 1. The Morgan fingerprint density at radius 3 is 2.81 bits per heavy atom. The van der Waals surface area contributed by atoms with E-state index in [9.17, 15) is 13.5 Å². The van der Waals surface area contributed by atoms with Crippen molar-refractivity contribution in [1.29, 1.82) is 0 Å². The molecule has 6 heteroatoms. The molecule has 1 heterocycles. The Morgan fingerprint density at radius 1 is 1.19 bits per heavy atom. The zero-order valence-electron chi connectivity index (χ0n) is 11.6. The zero-order valence-corrected chi connectivity index (χ0v) is 12.4. The summed E-state index contributed by atoms with van der Waals surface area (Å²) in [4.78, 5) is 4.39. The van der Waals surface area contributed by atoms with Gasteiger partial charge >= 0.3 is 0 Å². The minimum Gasteiger partial charge on any atom is -0.391 e. The average molecular weight is 306 g/mol. The van der Waals surface area contributed by atoms with Crippen LogP contribution >= 0.6 is 0 Å². The first kappa shape index (κ1) is 14.4. The van der Waals surface area contributed by atoms with Crippen LogP contribution in [0.15, 0.2) is 41.4 Å². The lowest BCUT2D eigenvalue weighted by atomic mass is 9.93. The molecule has 0 radical (unpaired) electrons. The van der Waals surface area contributed by atoms with Crippen LogP contribution in [-0.2, 0) is 10.0 Å². The SMILES string of the molecule is O=S(=O)(N[C@H]1CCCC[C@@H]1O)c1ccc2ncccc2c1. The van der Waals surface area contributed by atoms with E-state index in [-0.39, 0.29) is 4.90 Å². The van der Waals surface area contributed by atoms with E-state index in [0.717, 1.165) is 23.7 Å². The van der Waals surface area contributed by atoms with Crippen molar-refractivity contribution < 1.29 is 13.5 Å². The number of fused-ring (bicyclic) bond motifs is 1. The van der Waals surface area contributed by atoms with Crippen LogP contribution in [0.25, 0.3) is 10.9 Å². The number of aliphatic hydroxyl groups is 1. The number of hydrogen-bond donors (Lipinski definition) is 2. The van der Waals surface area contributed by atoms with Crippen LogP contribution in [0.4, 0.5) is 0 Å². The molecule has 2 atom stereocenters. The quantitative estimate of drug-likeness (QED) is 0.906. The second kappa shape index (κ2) is 5.71. The summed E-state index contributed by atoms with van der Waals surface area (Å²) in [6.45, 7) is 0. The van der Waals surface area contributed by atoms with E-state index < -0.39 is 22.2 Å². The molecule has 0 bridgehead atoms. The summed E-state index contributed by atoms with van der Waals surface area (Å²) in [6.07, 6.45) is 4.28. The standard InChI is InChI=1S/C15H18N2O3S/c18-15-6-2-1-5-14(15)17-21(19,20)12-7-8-13-11(10-12)4-3-9-16-13/h3-4,7-10,14-15,17-18H,1-2,5-6H2/t14-,15-/m0/s1. The first-order chi connectivity index (χ1) is 10.1. The predicted molar refractivity (Wildman–Crippen MR) is 80.3 cm³/mol. The molecule has 3 rings (SSSR count). The third-order valence-electron chi connectivity index (χ3n) is 3.92. The van der Waals surface area contributed by atoms with Gasteiger partial charge in [-0.1, -0.05) is 18.9 Å². The van der Waals surface area contributed by atoms with Gasteiger partial charge in [-0.25, -0.2) is 13.1 Å². The van der Waals surface area contributed by atoms with Crippen molar-refractivity contribution in [1.82, 2.24) is 9.71 Å². The molecule has 1 saturated carbocycles. The van der Waals surface area contributed by atoms with E-state index in [1.165, 1.54) is 0 Å². The molecule has 0 saturated heterocycles. The smallest absolute Gasteiger partial charge is 0.240 e. The van der Waals surface area contributed by atoms with Crippen LogP contribution < -0.4 is 4.72 Å². The molecular formula is C15H18N2O3S. The topological polar surface area (TPSA) is 79.3 Å². The third kappa shape index (κ3) is 3.07. The van der Waals surface area contributed by atoms with E-state index in [1.54, 1.807) is 30.5 Å². The van der Waals surface area contributed by atoms with Gasteiger partial charge in [-0.3, -0.25) is 4.98 Å². The van der Waals surface area contributed by atoms with E-state index in [0.29, 0.717) is 12.8 Å². The molecule has 0 aliphatic heterocycles. The number of benzene rings is 1. The van der Waals surface area contributed by atoms with E-state index in [1.807, 2.05) is 6.07 Å². The van der Waals surface area contributed by atoms with Gasteiger partial charge in [-0.05, 0) is 37.1 Å². The highest BCUT2D eigenvalue weighted by atomic mass is 32.2. The molecule has 0 spiro atoms. The monoisotopic (exact) mass is 306 g/mol. The predicted octanol–water partition coefficient (Wildman–Crippen LogP) is 1.82. The number of aromatic nitrogens is 1. The van der Waals surface area contributed by atoms with Gasteiger partial charge in [-0.2, -0.15) is 0 Å². The van der Waals surface area contributed by atoms with Gasteiger partial charge in [0.15, 0.2) is 0 Å². The second-order valence-corrected chi connectivity index (χ2v) is 7.15. The number of rotatable bonds is 3. The Balaban J connectivity index is 1.88. The van der Waals surface area contributed by atoms with Crippen molar-refractivity contribution in [3.63, 3.8) is 0 Å². The molecule has 2 aromatic rings. The Labute approximate surface area is 124 Å². The Kier molecular flexibility index (Phi) is 3.93. The van der Waals surface area contributed by atoms with Gasteiger partial charge in [0.2, 0.25) is 10.0 Å². The number of aliphatic hydroxyl groups excluding tert-OH is 1. The zero-order chi connectivity index (χ0) is 14.9. The highest BCUT2D eigenvalue weighted by molar-refractivity contribution is 7.89. The van der Waals surface area contributed by atoms with Crippen LogP contribution in [0.5, 0.6) is 0 Å². The fourth-order valence-corrected chi connectivity index (χ4v) is 4.08. The number of pyridine rings is 1. The Morgan fingerprint density at radius 2 is 2.00 bits per heavy atom. The molecule has 0 unspecified atom stereocenters. The highest BCUT2D eigenvalue weighted by Gasteiger charge is 2.28. The lowest BCUT2D eigenvalue weighted by molar-refractivity contribution is 0.101. The lowest BCUT2D eigenvalue weighted by Crippen LogP contribution is -2.44. The maximum atomic E-state index is 12.4. The lowest BCUT2D eigenvalue weighted by Gasteiger charge is -2.28. The first-order valence-electron chi connectivity index (χ1n) is 7.11. The molecule has 1 aliphatic rings. The molecular weight excluding hydrogens is 288 g/mol. The van der Waals surface area contributed by atoms with Gasteiger partial charge in [0, 0.05) is 17.6 Å². The second-order valence-electron chi connectivity index (χ2n) is 5.44. The van der Waals surface area contributed by atoms with E-state index in [2.05, 4.69) is 9.71 Å². The van der Waals surface area contributed by atoms with Crippen molar-refractivity contribution in [3.8, 4) is 0 Å². The molecule has 2 N–H and O–H groups in total. The van der Waals surface area contributed by atoms with Crippen LogP contribution in [-0.4, -0.2) is 30.7 Å². The van der Waals surface area contributed by atoms with E-state index in [4.69, 9.17) is 0 Å². The largest absolute Gasteiger partial charge is 0.391 e. The molecule has 21 heavy (non-hydrogen) atoms. The molecule has 1 fully saturated rings. The number of nitrogens with one attached hydrogen (secondary N) is 1. The summed E-state index contributed by atoms with van der Waals surface area (Å²) >= 11 is 0. The Bertz CT molecular complexity index is 745.